The molecular weight excluding hydrogens is 643 g/mol. The molecule has 4 aliphatic carbocycles. The van der Waals surface area contributed by atoms with E-state index in [2.05, 4.69) is 0 Å². The summed E-state index contributed by atoms with van der Waals surface area (Å²) in [4.78, 5) is 0. The van der Waals surface area contributed by atoms with Gasteiger partial charge in [-0.15, -0.1) is 0 Å². The molecule has 22 heteroatoms. The summed E-state index contributed by atoms with van der Waals surface area (Å²) >= 11 is 0. The standard InChI is InChI=1S/C17H17F13O6S3/c18-11-2-8-1-9(3-11)5-12(4-8,6-11)38(33,34)10(39(35,36)17(28,29)30)37(31,32)7-13(14(19,20)21,15(22,23)24)16(25,26)27/h8-10H,1-7H2. The second-order valence-electron chi connectivity index (χ2n) is 10.3. The molecule has 4 bridgehead atoms. The van der Waals surface area contributed by atoms with Gasteiger partial charge in [0.25, 0.3) is 19.2 Å². The highest BCUT2D eigenvalue weighted by Gasteiger charge is 2.85. The third-order valence-electron chi connectivity index (χ3n) is 7.53. The van der Waals surface area contributed by atoms with Crippen LogP contribution >= 0.6 is 0 Å². The predicted molar refractivity (Wildman–Crippen MR) is 103 cm³/mol. The average molecular weight is 660 g/mol. The molecule has 0 spiro atoms. The van der Waals surface area contributed by atoms with E-state index >= 15 is 4.39 Å². The van der Waals surface area contributed by atoms with Crippen molar-refractivity contribution in [3.8, 4) is 0 Å². The van der Waals surface area contributed by atoms with Crippen molar-refractivity contribution in [2.45, 2.75) is 76.9 Å². The van der Waals surface area contributed by atoms with Crippen LogP contribution in [-0.4, -0.2) is 69.4 Å². The third-order valence-corrected chi connectivity index (χ3v) is 17.1. The molecule has 0 radical (unpaired) electrons. The summed E-state index contributed by atoms with van der Waals surface area (Å²) in [6.07, 6.45) is -26.9. The molecule has 4 saturated carbocycles. The van der Waals surface area contributed by atoms with E-state index in [4.69, 9.17) is 0 Å². The minimum Gasteiger partial charge on any atom is -0.244 e. The molecule has 0 heterocycles. The molecule has 39 heavy (non-hydrogen) atoms. The lowest BCUT2D eigenvalue weighted by molar-refractivity contribution is -0.418. The first-order chi connectivity index (χ1) is 16.9. The summed E-state index contributed by atoms with van der Waals surface area (Å²) in [5, 5.41) is 0. The topological polar surface area (TPSA) is 102 Å². The highest BCUT2D eigenvalue weighted by atomic mass is 32.3. The quantitative estimate of drug-likeness (QED) is 0.381. The lowest BCUT2D eigenvalue weighted by atomic mass is 9.54. The van der Waals surface area contributed by atoms with Gasteiger partial charge in [-0.05, 0) is 43.9 Å². The minimum absolute atomic E-state index is 0.0473. The normalized spacial score (nSPS) is 31.9. The Hall–Kier alpha value is -1.06. The maximum atomic E-state index is 15.3. The van der Waals surface area contributed by atoms with Crippen LogP contribution in [0, 0.1) is 17.3 Å². The van der Waals surface area contributed by atoms with Gasteiger partial charge in [0.1, 0.15) is 5.67 Å². The van der Waals surface area contributed by atoms with Gasteiger partial charge >= 0.3 is 24.0 Å². The molecule has 4 rings (SSSR count). The fraction of sp³-hybridized carbons (Fsp3) is 1.00. The van der Waals surface area contributed by atoms with E-state index in [0.29, 0.717) is 0 Å². The molecule has 0 aliphatic heterocycles. The molecule has 0 amide bonds. The first-order valence-electron chi connectivity index (χ1n) is 10.5. The van der Waals surface area contributed by atoms with Crippen LogP contribution in [0.1, 0.15) is 38.5 Å². The monoisotopic (exact) mass is 660 g/mol. The molecule has 230 valence electrons. The van der Waals surface area contributed by atoms with Crippen LogP contribution in [0.2, 0.25) is 0 Å². The Bertz CT molecular complexity index is 1270. The molecule has 6 nitrogen and oxygen atoms in total. The zero-order chi connectivity index (χ0) is 30.7. The summed E-state index contributed by atoms with van der Waals surface area (Å²) in [6.45, 7) is 0. The molecule has 3 atom stereocenters. The first kappa shape index (κ1) is 32.5. The fourth-order valence-corrected chi connectivity index (χ4v) is 16.3. The lowest BCUT2D eigenvalue weighted by Crippen LogP contribution is -2.67. The summed E-state index contributed by atoms with van der Waals surface area (Å²) in [5.41, 5.74) is -16.9. The van der Waals surface area contributed by atoms with Crippen molar-refractivity contribution in [2.75, 3.05) is 5.75 Å². The number of hydrogen-bond acceptors (Lipinski definition) is 6. The van der Waals surface area contributed by atoms with E-state index in [1.165, 1.54) is 0 Å². The van der Waals surface area contributed by atoms with Crippen LogP contribution in [0.25, 0.3) is 0 Å². The maximum Gasteiger partial charge on any atom is 0.499 e. The number of halogens is 13. The summed E-state index contributed by atoms with van der Waals surface area (Å²) in [6, 6.07) is 0. The summed E-state index contributed by atoms with van der Waals surface area (Å²) < 4.78 is 245. The Labute approximate surface area is 212 Å². The van der Waals surface area contributed by atoms with Crippen molar-refractivity contribution in [1.29, 1.82) is 0 Å². The lowest BCUT2D eigenvalue weighted by Gasteiger charge is -2.58. The van der Waals surface area contributed by atoms with Crippen LogP contribution in [0.5, 0.6) is 0 Å². The van der Waals surface area contributed by atoms with E-state index in [1.807, 2.05) is 0 Å². The van der Waals surface area contributed by atoms with Gasteiger partial charge in [0.15, 0.2) is 19.7 Å². The molecule has 4 fully saturated rings. The van der Waals surface area contributed by atoms with Crippen molar-refractivity contribution in [1.82, 2.24) is 0 Å². The second-order valence-corrected chi connectivity index (χ2v) is 17.8. The molecule has 0 aromatic heterocycles. The van der Waals surface area contributed by atoms with Gasteiger partial charge in [0.2, 0.25) is 0 Å². The van der Waals surface area contributed by atoms with E-state index < -0.39 is 123 Å². The van der Waals surface area contributed by atoms with Crippen molar-refractivity contribution in [3.05, 3.63) is 0 Å². The minimum atomic E-state index is -7.88. The van der Waals surface area contributed by atoms with Crippen molar-refractivity contribution >= 4 is 29.5 Å². The molecule has 0 N–H and O–H groups in total. The zero-order valence-corrected chi connectivity index (χ0v) is 21.2. The molecule has 0 aromatic carbocycles. The van der Waals surface area contributed by atoms with Crippen LogP contribution in [0.15, 0.2) is 0 Å². The SMILES string of the molecule is O=S(=O)(CC(C(F)(F)F)(C(F)(F)F)C(F)(F)F)C(S(=O)(=O)C(F)(F)F)S(=O)(=O)C12CC3CC(CC(F)(C3)C1)C2. The Balaban J connectivity index is 2.34. The Morgan fingerprint density at radius 2 is 1.05 bits per heavy atom. The highest BCUT2D eigenvalue weighted by molar-refractivity contribution is 8.24. The second kappa shape index (κ2) is 8.50. The predicted octanol–water partition coefficient (Wildman–Crippen LogP) is 4.77. The van der Waals surface area contributed by atoms with Crippen molar-refractivity contribution < 1.29 is 82.3 Å². The smallest absolute Gasteiger partial charge is 0.244 e. The van der Waals surface area contributed by atoms with Gasteiger partial charge in [-0.2, -0.15) is 52.7 Å². The third kappa shape index (κ3) is 4.70. The average Bonchev–Trinajstić information content (AvgIpc) is 2.59. The van der Waals surface area contributed by atoms with Gasteiger partial charge in [-0.25, -0.2) is 29.6 Å². The molecule has 0 aromatic rings. The molecular formula is C17H17F13O6S3. The molecule has 3 unspecified atom stereocenters. The van der Waals surface area contributed by atoms with Crippen LogP contribution < -0.4 is 0 Å². The van der Waals surface area contributed by atoms with Crippen LogP contribution in [0.3, 0.4) is 0 Å². The summed E-state index contributed by atoms with van der Waals surface area (Å²) in [5.74, 6) is -6.48. The first-order valence-corrected chi connectivity index (χ1v) is 15.3. The van der Waals surface area contributed by atoms with E-state index in [9.17, 15) is 77.9 Å². The number of hydrogen-bond donors (Lipinski definition) is 0. The van der Waals surface area contributed by atoms with Gasteiger partial charge in [0, 0.05) is 6.42 Å². The fourth-order valence-electron chi connectivity index (χ4n) is 6.37. The Kier molecular flexibility index (Phi) is 7.07. The van der Waals surface area contributed by atoms with E-state index in [1.54, 1.807) is 0 Å². The largest absolute Gasteiger partial charge is 0.499 e. The number of rotatable bonds is 6. The van der Waals surface area contributed by atoms with Gasteiger partial charge < -0.3 is 0 Å². The van der Waals surface area contributed by atoms with Gasteiger partial charge in [-0.1, -0.05) is 0 Å². The van der Waals surface area contributed by atoms with Crippen LogP contribution in [0.4, 0.5) is 57.1 Å². The highest BCUT2D eigenvalue weighted by Crippen LogP contribution is 2.64. The van der Waals surface area contributed by atoms with Gasteiger partial charge in [0.05, 0.1) is 10.5 Å². The maximum absolute atomic E-state index is 15.3. The van der Waals surface area contributed by atoms with E-state index in [-0.39, 0.29) is 6.42 Å². The zero-order valence-electron chi connectivity index (χ0n) is 18.8. The molecule has 4 aliphatic rings. The van der Waals surface area contributed by atoms with Crippen molar-refractivity contribution in [2.24, 2.45) is 17.3 Å². The summed E-state index contributed by atoms with van der Waals surface area (Å²) in [7, 11) is -22.3. The van der Waals surface area contributed by atoms with E-state index in [0.717, 1.165) is 0 Å². The van der Waals surface area contributed by atoms with Crippen molar-refractivity contribution in [3.63, 3.8) is 0 Å². The molecule has 0 saturated heterocycles. The number of alkyl halides is 13. The Morgan fingerprint density at radius 3 is 1.36 bits per heavy atom. The Morgan fingerprint density at radius 1 is 0.667 bits per heavy atom. The van der Waals surface area contributed by atoms with Crippen LogP contribution in [-0.2, 0) is 29.5 Å². The number of sulfone groups is 3. The van der Waals surface area contributed by atoms with Gasteiger partial charge in [-0.3, -0.25) is 0 Å².